The Kier molecular flexibility index (Phi) is 3.15. The van der Waals surface area contributed by atoms with Crippen LogP contribution in [-0.2, 0) is 13.6 Å². The van der Waals surface area contributed by atoms with Crippen molar-refractivity contribution < 1.29 is 4.57 Å². The summed E-state index contributed by atoms with van der Waals surface area (Å²) in [6, 6.07) is 21.1. The second-order valence-corrected chi connectivity index (χ2v) is 4.77. The van der Waals surface area contributed by atoms with Crippen LogP contribution in [0.5, 0.6) is 0 Å². The highest BCUT2D eigenvalue weighted by Gasteiger charge is 2.13. The van der Waals surface area contributed by atoms with Crippen LogP contribution in [0.1, 0.15) is 5.56 Å². The molecule has 0 aliphatic rings. The quantitative estimate of drug-likeness (QED) is 0.631. The molecule has 0 radical (unpaired) electrons. The molecular weight excluding hydrogens is 232 g/mol. The third-order valence-electron chi connectivity index (χ3n) is 3.22. The van der Waals surface area contributed by atoms with Gasteiger partial charge in [0.05, 0.1) is 7.05 Å². The minimum Gasteiger partial charge on any atom is -0.239 e. The van der Waals surface area contributed by atoms with Gasteiger partial charge in [-0.25, -0.2) is 9.13 Å². The second-order valence-electron chi connectivity index (χ2n) is 4.77. The average Bonchev–Trinajstić information content (AvgIpc) is 2.82. The van der Waals surface area contributed by atoms with E-state index in [1.54, 1.807) is 0 Å². The Morgan fingerprint density at radius 3 is 2.21 bits per heavy atom. The van der Waals surface area contributed by atoms with E-state index in [4.69, 9.17) is 0 Å². The van der Waals surface area contributed by atoms with Gasteiger partial charge in [0.25, 0.3) is 0 Å². The first-order valence-corrected chi connectivity index (χ1v) is 6.48. The standard InChI is InChI=1S/C17H17N2/c1-18-13-17(16-10-6-3-7-11-16)19(14-18)12-15-8-4-2-5-9-15/h2-11,13-14H,12H2,1H3/q+1. The van der Waals surface area contributed by atoms with E-state index in [0.29, 0.717) is 0 Å². The molecule has 2 nitrogen and oxygen atoms in total. The van der Waals surface area contributed by atoms with Gasteiger partial charge in [-0.15, -0.1) is 0 Å². The SMILES string of the molecule is C[n+]1cc(-c2ccccc2)n(Cc2ccccc2)c1. The van der Waals surface area contributed by atoms with Crippen LogP contribution >= 0.6 is 0 Å². The van der Waals surface area contributed by atoms with Gasteiger partial charge in [-0.05, 0) is 5.56 Å². The Labute approximate surface area is 113 Å². The number of benzene rings is 2. The van der Waals surface area contributed by atoms with Crippen LogP contribution in [-0.4, -0.2) is 4.57 Å². The molecular formula is C17H17N2+. The lowest BCUT2D eigenvalue weighted by molar-refractivity contribution is -0.670. The maximum absolute atomic E-state index is 2.28. The predicted octanol–water partition coefficient (Wildman–Crippen LogP) is 3.03. The van der Waals surface area contributed by atoms with Crippen LogP contribution in [0, 0.1) is 0 Å². The average molecular weight is 249 g/mol. The molecule has 2 heteroatoms. The Morgan fingerprint density at radius 2 is 1.53 bits per heavy atom. The summed E-state index contributed by atoms with van der Waals surface area (Å²) in [5, 5.41) is 0. The van der Waals surface area contributed by atoms with Crippen LogP contribution in [0.15, 0.2) is 73.2 Å². The Morgan fingerprint density at radius 1 is 0.895 bits per heavy atom. The molecule has 94 valence electrons. The van der Waals surface area contributed by atoms with E-state index in [-0.39, 0.29) is 0 Å². The molecule has 0 atom stereocenters. The molecule has 3 rings (SSSR count). The van der Waals surface area contributed by atoms with Gasteiger partial charge >= 0.3 is 0 Å². The zero-order valence-electron chi connectivity index (χ0n) is 11.0. The molecule has 0 amide bonds. The summed E-state index contributed by atoms with van der Waals surface area (Å²) in [6.45, 7) is 0.895. The summed E-state index contributed by atoms with van der Waals surface area (Å²) < 4.78 is 4.38. The van der Waals surface area contributed by atoms with E-state index < -0.39 is 0 Å². The fourth-order valence-electron chi connectivity index (χ4n) is 2.34. The Balaban J connectivity index is 1.99. The van der Waals surface area contributed by atoms with Crippen LogP contribution in [0.4, 0.5) is 0 Å². The fraction of sp³-hybridized carbons (Fsp3) is 0.118. The van der Waals surface area contributed by atoms with Gasteiger partial charge in [0.2, 0.25) is 6.33 Å². The summed E-state index contributed by atoms with van der Waals surface area (Å²) in [6.07, 6.45) is 4.30. The van der Waals surface area contributed by atoms with Crippen molar-refractivity contribution >= 4 is 0 Å². The minimum atomic E-state index is 0.895. The minimum absolute atomic E-state index is 0.895. The molecule has 0 unspecified atom stereocenters. The van der Waals surface area contributed by atoms with E-state index in [2.05, 4.69) is 83.3 Å². The van der Waals surface area contributed by atoms with Crippen molar-refractivity contribution in [3.05, 3.63) is 78.8 Å². The van der Waals surface area contributed by atoms with E-state index in [0.717, 1.165) is 6.54 Å². The molecule has 0 saturated carbocycles. The topological polar surface area (TPSA) is 8.81 Å². The molecule has 0 spiro atoms. The normalized spacial score (nSPS) is 10.6. The monoisotopic (exact) mass is 249 g/mol. The molecule has 2 aromatic carbocycles. The highest BCUT2D eigenvalue weighted by molar-refractivity contribution is 5.57. The van der Waals surface area contributed by atoms with Crippen molar-refractivity contribution in [1.82, 2.24) is 4.57 Å². The summed E-state index contributed by atoms with van der Waals surface area (Å²) in [7, 11) is 2.06. The lowest BCUT2D eigenvalue weighted by Gasteiger charge is -2.02. The number of rotatable bonds is 3. The molecule has 1 aromatic heterocycles. The van der Waals surface area contributed by atoms with E-state index in [9.17, 15) is 0 Å². The van der Waals surface area contributed by atoms with Gasteiger partial charge in [-0.2, -0.15) is 0 Å². The van der Waals surface area contributed by atoms with Crippen LogP contribution in [0.25, 0.3) is 11.3 Å². The van der Waals surface area contributed by atoms with Gasteiger partial charge in [-0.1, -0.05) is 60.7 Å². The highest BCUT2D eigenvalue weighted by Crippen LogP contribution is 2.18. The Hall–Kier alpha value is -2.35. The largest absolute Gasteiger partial charge is 0.244 e. The van der Waals surface area contributed by atoms with Crippen molar-refractivity contribution in [3.8, 4) is 11.3 Å². The number of hydrogen-bond donors (Lipinski definition) is 0. The number of imidazole rings is 1. The zero-order chi connectivity index (χ0) is 13.1. The first-order chi connectivity index (χ1) is 9.33. The first kappa shape index (κ1) is 11.7. The van der Waals surface area contributed by atoms with Gasteiger partial charge < -0.3 is 0 Å². The number of nitrogens with zero attached hydrogens (tertiary/aromatic N) is 2. The molecule has 0 saturated heterocycles. The van der Waals surface area contributed by atoms with Crippen LogP contribution in [0.3, 0.4) is 0 Å². The van der Waals surface area contributed by atoms with Crippen molar-refractivity contribution in [2.24, 2.45) is 7.05 Å². The number of aryl methyl sites for hydroxylation is 1. The van der Waals surface area contributed by atoms with Crippen molar-refractivity contribution in [2.45, 2.75) is 6.54 Å². The number of aromatic nitrogens is 2. The highest BCUT2D eigenvalue weighted by atomic mass is 15.1. The van der Waals surface area contributed by atoms with Gasteiger partial charge in [0, 0.05) is 5.56 Å². The lowest BCUT2D eigenvalue weighted by atomic mass is 10.1. The van der Waals surface area contributed by atoms with Crippen molar-refractivity contribution in [2.75, 3.05) is 0 Å². The predicted molar refractivity (Wildman–Crippen MR) is 76.6 cm³/mol. The third kappa shape index (κ3) is 2.58. The molecule has 0 aliphatic carbocycles. The zero-order valence-corrected chi connectivity index (χ0v) is 11.0. The second kappa shape index (κ2) is 5.11. The molecule has 19 heavy (non-hydrogen) atoms. The van der Waals surface area contributed by atoms with Crippen LogP contribution < -0.4 is 4.57 Å². The molecule has 0 N–H and O–H groups in total. The molecule has 0 bridgehead atoms. The van der Waals surface area contributed by atoms with E-state index in [1.807, 2.05) is 6.07 Å². The van der Waals surface area contributed by atoms with Crippen molar-refractivity contribution in [1.29, 1.82) is 0 Å². The third-order valence-corrected chi connectivity index (χ3v) is 3.22. The summed E-state index contributed by atoms with van der Waals surface area (Å²) >= 11 is 0. The van der Waals surface area contributed by atoms with Gasteiger partial charge in [-0.3, -0.25) is 0 Å². The first-order valence-electron chi connectivity index (χ1n) is 6.48. The molecule has 0 aliphatic heterocycles. The van der Waals surface area contributed by atoms with E-state index in [1.165, 1.54) is 16.8 Å². The van der Waals surface area contributed by atoms with Crippen molar-refractivity contribution in [3.63, 3.8) is 0 Å². The fourth-order valence-corrected chi connectivity index (χ4v) is 2.34. The lowest BCUT2D eigenvalue weighted by Crippen LogP contribution is -2.23. The summed E-state index contributed by atoms with van der Waals surface area (Å²) in [5.41, 5.74) is 3.81. The van der Waals surface area contributed by atoms with E-state index >= 15 is 0 Å². The van der Waals surface area contributed by atoms with Gasteiger partial charge in [0.15, 0.2) is 5.69 Å². The maximum Gasteiger partial charge on any atom is 0.244 e. The smallest absolute Gasteiger partial charge is 0.239 e. The summed E-state index contributed by atoms with van der Waals surface area (Å²) in [4.78, 5) is 0. The Bertz CT molecular complexity index is 654. The summed E-state index contributed by atoms with van der Waals surface area (Å²) in [5.74, 6) is 0. The molecule has 0 fully saturated rings. The molecule has 3 aromatic rings. The number of hydrogen-bond acceptors (Lipinski definition) is 0. The van der Waals surface area contributed by atoms with Crippen LogP contribution in [0.2, 0.25) is 0 Å². The van der Waals surface area contributed by atoms with Gasteiger partial charge in [0.1, 0.15) is 12.7 Å². The molecule has 1 heterocycles. The maximum atomic E-state index is 2.28.